The van der Waals surface area contributed by atoms with Crippen molar-refractivity contribution in [2.24, 2.45) is 4.99 Å². The van der Waals surface area contributed by atoms with E-state index in [1.54, 1.807) is 24.3 Å². The summed E-state index contributed by atoms with van der Waals surface area (Å²) in [5, 5.41) is 3.12. The maximum absolute atomic E-state index is 11.8. The lowest BCUT2D eigenvalue weighted by Crippen LogP contribution is -2.15. The molecule has 0 unspecified atom stereocenters. The molecule has 0 saturated heterocycles. The summed E-state index contributed by atoms with van der Waals surface area (Å²) in [7, 11) is 0. The lowest BCUT2D eigenvalue weighted by atomic mass is 10.2. The SMILES string of the molecule is C=NC(=O)c1ccc(NCc2cnc3nc(N)[nH]c(=O)c3n2)cc1. The number of nitrogen functional groups attached to an aromatic ring is 1. The van der Waals surface area contributed by atoms with Gasteiger partial charge in [0.1, 0.15) is 0 Å². The number of nitrogens with one attached hydrogen (secondary N) is 2. The highest BCUT2D eigenvalue weighted by molar-refractivity contribution is 5.97. The fourth-order valence-corrected chi connectivity index (χ4v) is 2.07. The van der Waals surface area contributed by atoms with Crippen LogP contribution in [0.15, 0.2) is 40.2 Å². The molecule has 0 fully saturated rings. The molecule has 24 heavy (non-hydrogen) atoms. The molecule has 9 heteroatoms. The van der Waals surface area contributed by atoms with Crippen LogP contribution in [0.4, 0.5) is 11.6 Å². The summed E-state index contributed by atoms with van der Waals surface area (Å²) >= 11 is 0. The second-order valence-electron chi connectivity index (χ2n) is 4.88. The number of hydrogen-bond acceptors (Lipinski definition) is 7. The molecule has 2 heterocycles. The molecular weight excluding hydrogens is 310 g/mol. The van der Waals surface area contributed by atoms with E-state index in [4.69, 9.17) is 5.73 Å². The highest BCUT2D eigenvalue weighted by Gasteiger charge is 2.07. The standard InChI is InChI=1S/C15H13N7O2/c1-17-13(23)8-2-4-9(5-3-8)18-6-10-7-19-12-11(20-10)14(24)22-15(16)21-12/h2-5,7,18H,1,6H2,(H3,16,19,21,22,24). The summed E-state index contributed by atoms with van der Waals surface area (Å²) in [4.78, 5) is 41.1. The van der Waals surface area contributed by atoms with Crippen LogP contribution in [0.5, 0.6) is 0 Å². The van der Waals surface area contributed by atoms with Crippen molar-refractivity contribution < 1.29 is 4.79 Å². The van der Waals surface area contributed by atoms with Gasteiger partial charge in [-0.2, -0.15) is 4.98 Å². The molecule has 9 nitrogen and oxygen atoms in total. The van der Waals surface area contributed by atoms with Crippen LogP contribution in [0.2, 0.25) is 0 Å². The van der Waals surface area contributed by atoms with Gasteiger partial charge in [0, 0.05) is 11.3 Å². The third-order valence-corrected chi connectivity index (χ3v) is 3.24. The fraction of sp³-hybridized carbons (Fsp3) is 0.0667. The highest BCUT2D eigenvalue weighted by Crippen LogP contribution is 2.12. The number of hydrogen-bond donors (Lipinski definition) is 3. The molecular formula is C15H13N7O2. The zero-order chi connectivity index (χ0) is 17.1. The first-order valence-electron chi connectivity index (χ1n) is 6.93. The van der Waals surface area contributed by atoms with Crippen LogP contribution >= 0.6 is 0 Å². The second kappa shape index (κ2) is 6.24. The molecule has 0 radical (unpaired) electrons. The third kappa shape index (κ3) is 3.09. The van der Waals surface area contributed by atoms with Gasteiger partial charge in [0.15, 0.2) is 11.2 Å². The van der Waals surface area contributed by atoms with Gasteiger partial charge in [0.05, 0.1) is 18.4 Å². The maximum atomic E-state index is 11.8. The first-order valence-corrected chi connectivity index (χ1v) is 6.93. The molecule has 3 rings (SSSR count). The first-order chi connectivity index (χ1) is 11.6. The summed E-state index contributed by atoms with van der Waals surface area (Å²) in [6, 6.07) is 6.76. The lowest BCUT2D eigenvalue weighted by molar-refractivity contribution is 0.100. The van der Waals surface area contributed by atoms with E-state index in [-0.39, 0.29) is 23.0 Å². The number of anilines is 2. The molecule has 0 bridgehead atoms. The number of amides is 1. The van der Waals surface area contributed by atoms with Gasteiger partial charge in [-0.3, -0.25) is 14.6 Å². The number of benzene rings is 1. The molecule has 0 atom stereocenters. The predicted molar refractivity (Wildman–Crippen MR) is 90.0 cm³/mol. The minimum Gasteiger partial charge on any atom is -0.379 e. The van der Waals surface area contributed by atoms with Crippen LogP contribution < -0.4 is 16.6 Å². The summed E-state index contributed by atoms with van der Waals surface area (Å²) in [5.41, 5.74) is 7.14. The highest BCUT2D eigenvalue weighted by atomic mass is 16.1. The fourth-order valence-electron chi connectivity index (χ4n) is 2.07. The Labute approximate surface area is 135 Å². The van der Waals surface area contributed by atoms with Crippen molar-refractivity contribution in [3.8, 4) is 0 Å². The van der Waals surface area contributed by atoms with E-state index in [0.29, 0.717) is 17.8 Å². The van der Waals surface area contributed by atoms with Gasteiger partial charge in [-0.15, -0.1) is 0 Å². The van der Waals surface area contributed by atoms with Crippen LogP contribution in [0, 0.1) is 0 Å². The quantitative estimate of drug-likeness (QED) is 0.602. The topological polar surface area (TPSA) is 139 Å². The van der Waals surface area contributed by atoms with E-state index in [1.165, 1.54) is 6.20 Å². The van der Waals surface area contributed by atoms with Gasteiger partial charge in [-0.25, -0.2) is 15.0 Å². The van der Waals surface area contributed by atoms with Crippen molar-refractivity contribution in [1.82, 2.24) is 19.9 Å². The monoisotopic (exact) mass is 323 g/mol. The third-order valence-electron chi connectivity index (χ3n) is 3.24. The molecule has 1 aromatic carbocycles. The van der Waals surface area contributed by atoms with Crippen LogP contribution in [0.25, 0.3) is 11.2 Å². The van der Waals surface area contributed by atoms with Gasteiger partial charge >= 0.3 is 0 Å². The number of aromatic amines is 1. The van der Waals surface area contributed by atoms with Crippen LogP contribution in [-0.4, -0.2) is 32.6 Å². The number of nitrogens with zero attached hydrogens (tertiary/aromatic N) is 4. The average Bonchev–Trinajstić information content (AvgIpc) is 2.60. The van der Waals surface area contributed by atoms with Crippen LogP contribution in [0.1, 0.15) is 16.1 Å². The van der Waals surface area contributed by atoms with Gasteiger partial charge in [0.2, 0.25) is 5.95 Å². The number of carbonyl (C=O) groups excluding carboxylic acids is 1. The van der Waals surface area contributed by atoms with Crippen LogP contribution in [0.3, 0.4) is 0 Å². The van der Waals surface area contributed by atoms with E-state index in [9.17, 15) is 9.59 Å². The molecule has 0 spiro atoms. The summed E-state index contributed by atoms with van der Waals surface area (Å²) < 4.78 is 0. The Morgan fingerprint density at radius 1 is 1.29 bits per heavy atom. The Bertz CT molecular complexity index is 979. The largest absolute Gasteiger partial charge is 0.379 e. The smallest absolute Gasteiger partial charge is 0.280 e. The number of nitrogens with two attached hydrogens (primary N) is 1. The number of H-pyrrole nitrogens is 1. The van der Waals surface area contributed by atoms with Gasteiger partial charge in [-0.1, -0.05) is 0 Å². The van der Waals surface area contributed by atoms with E-state index in [1.807, 2.05) is 0 Å². The molecule has 0 aliphatic carbocycles. The average molecular weight is 323 g/mol. The molecule has 120 valence electrons. The number of carbonyl (C=O) groups is 1. The Morgan fingerprint density at radius 2 is 2.04 bits per heavy atom. The summed E-state index contributed by atoms with van der Waals surface area (Å²) in [5.74, 6) is -0.385. The lowest BCUT2D eigenvalue weighted by Gasteiger charge is -2.07. The van der Waals surface area contributed by atoms with Gasteiger partial charge in [-0.05, 0) is 31.0 Å². The van der Waals surface area contributed by atoms with E-state index >= 15 is 0 Å². The van der Waals surface area contributed by atoms with Crippen molar-refractivity contribution in [3.05, 3.63) is 52.1 Å². The van der Waals surface area contributed by atoms with E-state index < -0.39 is 5.56 Å². The van der Waals surface area contributed by atoms with Crippen molar-refractivity contribution >= 4 is 35.4 Å². The maximum Gasteiger partial charge on any atom is 0.280 e. The first kappa shape index (κ1) is 15.3. The Hall–Kier alpha value is -3.62. The van der Waals surface area contributed by atoms with Crippen molar-refractivity contribution in [3.63, 3.8) is 0 Å². The zero-order valence-electron chi connectivity index (χ0n) is 12.5. The van der Waals surface area contributed by atoms with Crippen molar-refractivity contribution in [2.45, 2.75) is 6.54 Å². The molecule has 4 N–H and O–H groups in total. The number of fused-ring (bicyclic) bond motifs is 1. The molecule has 3 aromatic rings. The Balaban J connectivity index is 1.77. The van der Waals surface area contributed by atoms with Crippen LogP contribution in [-0.2, 0) is 6.54 Å². The number of aliphatic imine (C=N–C) groups is 1. The number of aromatic nitrogens is 4. The zero-order valence-corrected chi connectivity index (χ0v) is 12.5. The van der Waals surface area contributed by atoms with E-state index in [2.05, 4.69) is 37.0 Å². The summed E-state index contributed by atoms with van der Waals surface area (Å²) in [6.07, 6.45) is 1.51. The molecule has 2 aromatic heterocycles. The van der Waals surface area contributed by atoms with Gasteiger partial charge < -0.3 is 11.1 Å². The van der Waals surface area contributed by atoms with Crippen molar-refractivity contribution in [2.75, 3.05) is 11.1 Å². The Morgan fingerprint density at radius 3 is 2.75 bits per heavy atom. The minimum absolute atomic E-state index is 0.00340. The predicted octanol–water partition coefficient (Wildman–Crippen LogP) is 0.748. The van der Waals surface area contributed by atoms with Crippen molar-refractivity contribution in [1.29, 1.82) is 0 Å². The molecule has 0 saturated carbocycles. The normalized spacial score (nSPS) is 10.5. The molecule has 0 aliphatic rings. The summed E-state index contributed by atoms with van der Waals surface area (Å²) in [6.45, 7) is 3.55. The Kier molecular flexibility index (Phi) is 3.98. The van der Waals surface area contributed by atoms with Gasteiger partial charge in [0.25, 0.3) is 11.5 Å². The minimum atomic E-state index is -0.438. The van der Waals surface area contributed by atoms with E-state index in [0.717, 1.165) is 5.69 Å². The number of rotatable bonds is 4. The second-order valence-corrected chi connectivity index (χ2v) is 4.88. The molecule has 0 aliphatic heterocycles. The molecule has 1 amide bonds.